The van der Waals surface area contributed by atoms with Crippen molar-refractivity contribution in [3.8, 4) is 5.75 Å². The molecule has 1 aromatic rings. The van der Waals surface area contributed by atoms with Gasteiger partial charge >= 0.3 is 0 Å². The Morgan fingerprint density at radius 1 is 1.37 bits per heavy atom. The van der Waals surface area contributed by atoms with Crippen LogP contribution in [0.25, 0.3) is 0 Å². The number of nitrogens with two attached hydrogens (primary N) is 1. The van der Waals surface area contributed by atoms with Gasteiger partial charge in [-0.05, 0) is 36.2 Å². The van der Waals surface area contributed by atoms with Gasteiger partial charge in [-0.2, -0.15) is 0 Å². The zero-order chi connectivity index (χ0) is 14.5. The zero-order valence-corrected chi connectivity index (χ0v) is 13.1. The minimum Gasteiger partial charge on any atom is -0.495 e. The van der Waals surface area contributed by atoms with Crippen LogP contribution in [0.2, 0.25) is 5.02 Å². The van der Waals surface area contributed by atoms with Crippen LogP contribution in [-0.2, 0) is 6.54 Å². The fraction of sp³-hybridized carbons (Fsp3) is 0.600. The molecule has 1 aromatic carbocycles. The summed E-state index contributed by atoms with van der Waals surface area (Å²) < 4.78 is 5.17. The lowest BCUT2D eigenvalue weighted by Gasteiger charge is -2.31. The maximum Gasteiger partial charge on any atom is 0.137 e. The molecule has 3 nitrogen and oxygen atoms in total. The van der Waals surface area contributed by atoms with E-state index in [1.807, 2.05) is 12.1 Å². The highest BCUT2D eigenvalue weighted by molar-refractivity contribution is 6.32. The molecule has 0 saturated carbocycles. The van der Waals surface area contributed by atoms with Crippen molar-refractivity contribution in [3.05, 3.63) is 28.8 Å². The topological polar surface area (TPSA) is 38.5 Å². The number of methoxy groups -OCH3 is 1. The molecule has 0 radical (unpaired) electrons. The smallest absolute Gasteiger partial charge is 0.137 e. The van der Waals surface area contributed by atoms with Gasteiger partial charge in [-0.15, -0.1) is 0 Å². The Bertz CT molecular complexity index is 407. The molecule has 19 heavy (non-hydrogen) atoms. The minimum atomic E-state index is 0.131. The van der Waals surface area contributed by atoms with Crippen LogP contribution in [0.3, 0.4) is 0 Å². The van der Waals surface area contributed by atoms with E-state index in [-0.39, 0.29) is 5.41 Å². The lowest BCUT2D eigenvalue weighted by atomic mass is 9.93. The normalized spacial score (nSPS) is 11.9. The summed E-state index contributed by atoms with van der Waals surface area (Å²) in [6.45, 7) is 10.1. The SMILES string of the molecule is CCN(Cc1ccc(OC)c(Cl)c1)CC(C)(C)CN. The molecule has 0 aliphatic heterocycles. The van der Waals surface area contributed by atoms with E-state index in [1.165, 1.54) is 5.56 Å². The molecule has 0 bridgehead atoms. The van der Waals surface area contributed by atoms with Crippen molar-refractivity contribution in [3.63, 3.8) is 0 Å². The molecule has 1 rings (SSSR count). The monoisotopic (exact) mass is 284 g/mol. The summed E-state index contributed by atoms with van der Waals surface area (Å²) in [5.74, 6) is 0.718. The number of rotatable bonds is 7. The predicted molar refractivity (Wildman–Crippen MR) is 81.8 cm³/mol. The number of benzene rings is 1. The molecule has 0 atom stereocenters. The van der Waals surface area contributed by atoms with Gasteiger partial charge in [0.1, 0.15) is 5.75 Å². The molecular weight excluding hydrogens is 260 g/mol. The first kappa shape index (κ1) is 16.3. The Balaban J connectivity index is 2.73. The molecule has 0 heterocycles. The first-order chi connectivity index (χ1) is 8.91. The van der Waals surface area contributed by atoms with Crippen molar-refractivity contribution < 1.29 is 4.74 Å². The van der Waals surface area contributed by atoms with Crippen LogP contribution in [0.4, 0.5) is 0 Å². The van der Waals surface area contributed by atoms with E-state index in [0.29, 0.717) is 11.6 Å². The van der Waals surface area contributed by atoms with E-state index in [1.54, 1.807) is 7.11 Å². The number of hydrogen-bond acceptors (Lipinski definition) is 3. The van der Waals surface area contributed by atoms with E-state index in [9.17, 15) is 0 Å². The second-order valence-electron chi connectivity index (χ2n) is 5.64. The van der Waals surface area contributed by atoms with Crippen LogP contribution in [0.5, 0.6) is 5.75 Å². The molecule has 2 N–H and O–H groups in total. The van der Waals surface area contributed by atoms with E-state index in [4.69, 9.17) is 22.1 Å². The Morgan fingerprint density at radius 2 is 2.05 bits per heavy atom. The maximum atomic E-state index is 6.15. The molecule has 0 saturated heterocycles. The van der Waals surface area contributed by atoms with E-state index >= 15 is 0 Å². The number of ether oxygens (including phenoxy) is 1. The van der Waals surface area contributed by atoms with Crippen LogP contribution >= 0.6 is 11.6 Å². The highest BCUT2D eigenvalue weighted by Gasteiger charge is 2.19. The van der Waals surface area contributed by atoms with Crippen LogP contribution in [0.15, 0.2) is 18.2 Å². The fourth-order valence-corrected chi connectivity index (χ4v) is 2.30. The Labute approximate surface area is 121 Å². The van der Waals surface area contributed by atoms with E-state index in [2.05, 4.69) is 31.7 Å². The summed E-state index contributed by atoms with van der Waals surface area (Å²) in [6, 6.07) is 5.95. The predicted octanol–water partition coefficient (Wildman–Crippen LogP) is 3.16. The zero-order valence-electron chi connectivity index (χ0n) is 12.4. The van der Waals surface area contributed by atoms with Gasteiger partial charge in [0.15, 0.2) is 0 Å². The fourth-order valence-electron chi connectivity index (χ4n) is 2.02. The van der Waals surface area contributed by atoms with Gasteiger partial charge in [-0.25, -0.2) is 0 Å². The summed E-state index contributed by atoms with van der Waals surface area (Å²) in [5, 5.41) is 0.661. The summed E-state index contributed by atoms with van der Waals surface area (Å²) in [5.41, 5.74) is 7.13. The van der Waals surface area contributed by atoms with E-state index in [0.717, 1.165) is 25.4 Å². The quantitative estimate of drug-likeness (QED) is 0.836. The Morgan fingerprint density at radius 3 is 2.53 bits per heavy atom. The second kappa shape index (κ2) is 7.13. The van der Waals surface area contributed by atoms with Crippen LogP contribution in [0.1, 0.15) is 26.3 Å². The van der Waals surface area contributed by atoms with Crippen molar-refractivity contribution in [2.75, 3.05) is 26.7 Å². The third kappa shape index (κ3) is 5.01. The van der Waals surface area contributed by atoms with Gasteiger partial charge in [-0.3, -0.25) is 4.90 Å². The first-order valence-corrected chi connectivity index (χ1v) is 7.04. The van der Waals surface area contributed by atoms with Crippen molar-refractivity contribution >= 4 is 11.6 Å². The Kier molecular flexibility index (Phi) is 6.11. The number of halogens is 1. The summed E-state index contributed by atoms with van der Waals surface area (Å²) in [7, 11) is 1.63. The van der Waals surface area contributed by atoms with E-state index < -0.39 is 0 Å². The Hall–Kier alpha value is -0.770. The average molecular weight is 285 g/mol. The van der Waals surface area contributed by atoms with Gasteiger partial charge in [0.25, 0.3) is 0 Å². The lowest BCUT2D eigenvalue weighted by Crippen LogP contribution is -2.38. The average Bonchev–Trinajstić information content (AvgIpc) is 2.38. The van der Waals surface area contributed by atoms with Crippen molar-refractivity contribution in [2.24, 2.45) is 11.1 Å². The van der Waals surface area contributed by atoms with Crippen LogP contribution in [0, 0.1) is 5.41 Å². The molecule has 0 amide bonds. The van der Waals surface area contributed by atoms with Gasteiger partial charge < -0.3 is 10.5 Å². The highest BCUT2D eigenvalue weighted by atomic mass is 35.5. The van der Waals surface area contributed by atoms with Gasteiger partial charge in [0.2, 0.25) is 0 Å². The molecule has 0 fully saturated rings. The molecule has 0 aliphatic rings. The number of nitrogens with zero attached hydrogens (tertiary/aromatic N) is 1. The van der Waals surface area contributed by atoms with Crippen molar-refractivity contribution in [1.82, 2.24) is 4.90 Å². The molecular formula is C15H25ClN2O. The molecule has 108 valence electrons. The van der Waals surface area contributed by atoms with Gasteiger partial charge in [0.05, 0.1) is 12.1 Å². The largest absolute Gasteiger partial charge is 0.495 e. The van der Waals surface area contributed by atoms with Gasteiger partial charge in [0, 0.05) is 13.1 Å². The molecule has 0 unspecified atom stereocenters. The summed E-state index contributed by atoms with van der Waals surface area (Å²) in [6.07, 6.45) is 0. The third-order valence-electron chi connectivity index (χ3n) is 3.27. The molecule has 0 aromatic heterocycles. The minimum absolute atomic E-state index is 0.131. The molecule has 0 aliphatic carbocycles. The van der Waals surface area contributed by atoms with Crippen molar-refractivity contribution in [2.45, 2.75) is 27.3 Å². The third-order valence-corrected chi connectivity index (χ3v) is 3.57. The number of hydrogen-bond donors (Lipinski definition) is 1. The standard InChI is InChI=1S/C15H25ClN2O/c1-5-18(11-15(2,3)10-17)9-12-6-7-14(19-4)13(16)8-12/h6-8H,5,9-11,17H2,1-4H3. The molecule has 4 heteroatoms. The second-order valence-corrected chi connectivity index (χ2v) is 6.05. The maximum absolute atomic E-state index is 6.15. The van der Waals surface area contributed by atoms with Gasteiger partial charge in [-0.1, -0.05) is 38.4 Å². The first-order valence-electron chi connectivity index (χ1n) is 6.66. The lowest BCUT2D eigenvalue weighted by molar-refractivity contribution is 0.183. The molecule has 0 spiro atoms. The summed E-state index contributed by atoms with van der Waals surface area (Å²) in [4.78, 5) is 2.38. The summed E-state index contributed by atoms with van der Waals surface area (Å²) >= 11 is 6.15. The van der Waals surface area contributed by atoms with Crippen LogP contribution in [-0.4, -0.2) is 31.6 Å². The van der Waals surface area contributed by atoms with Crippen molar-refractivity contribution in [1.29, 1.82) is 0 Å². The van der Waals surface area contributed by atoms with Crippen LogP contribution < -0.4 is 10.5 Å². The highest BCUT2D eigenvalue weighted by Crippen LogP contribution is 2.26.